The molecule has 6 heteroatoms. The summed E-state index contributed by atoms with van der Waals surface area (Å²) in [5.74, 6) is 0.462. The Hall–Kier alpha value is -1.66. The predicted molar refractivity (Wildman–Crippen MR) is 111 cm³/mol. The molecular weight excluding hydrogens is 356 g/mol. The van der Waals surface area contributed by atoms with Gasteiger partial charge in [0.25, 0.3) is 0 Å². The molecule has 0 amide bonds. The summed E-state index contributed by atoms with van der Waals surface area (Å²) in [4.78, 5) is 16.9. The number of hydrogen-bond donors (Lipinski definition) is 0. The number of esters is 1. The van der Waals surface area contributed by atoms with Crippen molar-refractivity contribution in [3.05, 3.63) is 29.6 Å². The number of para-hydroxylation sites is 1. The van der Waals surface area contributed by atoms with E-state index in [0.717, 1.165) is 17.1 Å². The molecule has 0 N–H and O–H groups in total. The van der Waals surface area contributed by atoms with E-state index in [1.54, 1.807) is 0 Å². The largest absolute Gasteiger partial charge is 0.463 e. The molecule has 5 nitrogen and oxygen atoms in total. The average Bonchev–Trinajstić information content (AvgIpc) is 3.03. The zero-order valence-corrected chi connectivity index (χ0v) is 18.1. The lowest BCUT2D eigenvalue weighted by Gasteiger charge is -2.23. The highest BCUT2D eigenvalue weighted by Crippen LogP contribution is 2.36. The first-order valence-corrected chi connectivity index (χ1v) is 13.8. The van der Waals surface area contributed by atoms with Gasteiger partial charge >= 0.3 is 5.97 Å². The number of fused-ring (bicyclic) bond motifs is 1. The second-order valence-corrected chi connectivity index (χ2v) is 14.4. The Balaban J connectivity index is 1.95. The second-order valence-electron chi connectivity index (χ2n) is 8.75. The van der Waals surface area contributed by atoms with E-state index in [0.29, 0.717) is 25.1 Å². The maximum Gasteiger partial charge on any atom is 0.374 e. The fraction of sp³-hybridized carbons (Fsp3) is 0.619. The lowest BCUT2D eigenvalue weighted by atomic mass is 9.83. The molecule has 0 bridgehead atoms. The van der Waals surface area contributed by atoms with Crippen molar-refractivity contribution in [2.45, 2.75) is 70.4 Å². The second kappa shape index (κ2) is 8.57. The van der Waals surface area contributed by atoms with Gasteiger partial charge in [0.1, 0.15) is 6.73 Å². The molecule has 1 aromatic heterocycles. The first kappa shape index (κ1) is 20.1. The monoisotopic (exact) mass is 388 g/mol. The van der Waals surface area contributed by atoms with Gasteiger partial charge in [0.2, 0.25) is 5.82 Å². The molecular formula is C21H32N2O3Si. The maximum atomic E-state index is 12.3. The van der Waals surface area contributed by atoms with Crippen molar-refractivity contribution in [2.75, 3.05) is 13.7 Å². The molecule has 3 rings (SSSR count). The Morgan fingerprint density at radius 2 is 1.96 bits per heavy atom. The maximum absolute atomic E-state index is 12.3. The van der Waals surface area contributed by atoms with Crippen molar-refractivity contribution < 1.29 is 14.3 Å². The normalized spacial score (nSPS) is 16.0. The Bertz CT molecular complexity index is 789. The van der Waals surface area contributed by atoms with Crippen LogP contribution in [0.1, 0.15) is 54.2 Å². The molecule has 1 fully saturated rings. The number of methoxy groups -OCH3 is 1. The van der Waals surface area contributed by atoms with Crippen LogP contribution in [0.4, 0.5) is 0 Å². The molecule has 0 aliphatic heterocycles. The minimum Gasteiger partial charge on any atom is -0.463 e. The van der Waals surface area contributed by atoms with Gasteiger partial charge in [-0.3, -0.25) is 4.57 Å². The molecule has 1 heterocycles. The summed E-state index contributed by atoms with van der Waals surface area (Å²) in [5, 5.41) is 0. The molecule has 0 unspecified atom stereocenters. The van der Waals surface area contributed by atoms with Crippen LogP contribution in [-0.2, 0) is 16.2 Å². The number of hydrogen-bond acceptors (Lipinski definition) is 4. The van der Waals surface area contributed by atoms with Crippen LogP contribution in [0, 0.1) is 0 Å². The van der Waals surface area contributed by atoms with E-state index in [-0.39, 0.29) is 0 Å². The van der Waals surface area contributed by atoms with E-state index in [2.05, 4.69) is 36.8 Å². The number of rotatable bonds is 7. The highest BCUT2D eigenvalue weighted by Gasteiger charge is 2.24. The van der Waals surface area contributed by atoms with Gasteiger partial charge < -0.3 is 9.47 Å². The van der Waals surface area contributed by atoms with E-state index in [9.17, 15) is 4.79 Å². The molecule has 0 saturated heterocycles. The van der Waals surface area contributed by atoms with Gasteiger partial charge in [0.15, 0.2) is 0 Å². The Morgan fingerprint density at radius 1 is 1.22 bits per heavy atom. The third kappa shape index (κ3) is 4.79. The van der Waals surface area contributed by atoms with Gasteiger partial charge in [-0.1, -0.05) is 51.0 Å². The van der Waals surface area contributed by atoms with E-state index >= 15 is 0 Å². The summed E-state index contributed by atoms with van der Waals surface area (Å²) in [6.45, 7) is 8.06. The molecule has 2 aromatic rings. The summed E-state index contributed by atoms with van der Waals surface area (Å²) >= 11 is 0. The van der Waals surface area contributed by atoms with Crippen LogP contribution in [0.15, 0.2) is 18.2 Å². The Labute approximate surface area is 163 Å². The van der Waals surface area contributed by atoms with Gasteiger partial charge in [-0.15, -0.1) is 0 Å². The number of ether oxygens (including phenoxy) is 2. The smallest absolute Gasteiger partial charge is 0.374 e. The molecule has 1 aliphatic carbocycles. The van der Waals surface area contributed by atoms with E-state index in [1.807, 2.05) is 10.6 Å². The molecule has 0 spiro atoms. The summed E-state index contributed by atoms with van der Waals surface area (Å²) in [6, 6.07) is 7.33. The van der Waals surface area contributed by atoms with Gasteiger partial charge in [-0.25, -0.2) is 9.78 Å². The van der Waals surface area contributed by atoms with Gasteiger partial charge in [-0.2, -0.15) is 0 Å². The van der Waals surface area contributed by atoms with Crippen LogP contribution in [0.25, 0.3) is 11.0 Å². The van der Waals surface area contributed by atoms with Crippen molar-refractivity contribution in [3.8, 4) is 0 Å². The van der Waals surface area contributed by atoms with Crippen molar-refractivity contribution in [1.82, 2.24) is 9.55 Å². The summed E-state index contributed by atoms with van der Waals surface area (Å²) in [7, 11) is 0.248. The van der Waals surface area contributed by atoms with Gasteiger partial charge in [0.05, 0.1) is 18.1 Å². The van der Waals surface area contributed by atoms with Crippen molar-refractivity contribution in [2.24, 2.45) is 0 Å². The lowest BCUT2D eigenvalue weighted by Crippen LogP contribution is -2.22. The van der Waals surface area contributed by atoms with Crippen LogP contribution in [0.3, 0.4) is 0 Å². The fourth-order valence-electron chi connectivity index (χ4n) is 3.86. The molecule has 0 atom stereocenters. The van der Waals surface area contributed by atoms with Crippen molar-refractivity contribution >= 4 is 25.1 Å². The number of carbonyl (C=O) groups excluding carboxylic acids is 1. The highest BCUT2D eigenvalue weighted by molar-refractivity contribution is 6.76. The first-order valence-electron chi connectivity index (χ1n) is 10.1. The number of benzene rings is 1. The standard InChI is InChI=1S/C21H32N2O3Si/c1-25-21(24)20-22-18-12-8-11-17(16-9-6-5-7-10-16)19(18)23(20)15-26-13-14-27(2,3)4/h8,11-12,16H,5-7,9-10,13-15H2,1-4H3. The van der Waals surface area contributed by atoms with Gasteiger partial charge in [-0.05, 0) is 36.4 Å². The summed E-state index contributed by atoms with van der Waals surface area (Å²) in [5.41, 5.74) is 3.19. The predicted octanol–water partition coefficient (Wildman–Crippen LogP) is 5.18. The summed E-state index contributed by atoms with van der Waals surface area (Å²) in [6.07, 6.45) is 6.26. The van der Waals surface area contributed by atoms with E-state index in [4.69, 9.17) is 9.47 Å². The van der Waals surface area contributed by atoms with E-state index < -0.39 is 14.0 Å². The highest BCUT2D eigenvalue weighted by atomic mass is 28.3. The first-order chi connectivity index (χ1) is 12.9. The summed E-state index contributed by atoms with van der Waals surface area (Å²) < 4.78 is 12.9. The minimum absolute atomic E-state index is 0.337. The molecule has 0 radical (unpaired) electrons. The Kier molecular flexibility index (Phi) is 6.37. The lowest BCUT2D eigenvalue weighted by molar-refractivity contribution is 0.0536. The van der Waals surface area contributed by atoms with Crippen LogP contribution in [0.5, 0.6) is 0 Å². The molecule has 27 heavy (non-hydrogen) atoms. The van der Waals surface area contributed by atoms with Gasteiger partial charge in [0, 0.05) is 14.7 Å². The van der Waals surface area contributed by atoms with Crippen LogP contribution in [0.2, 0.25) is 25.7 Å². The minimum atomic E-state index is -1.15. The van der Waals surface area contributed by atoms with Crippen LogP contribution < -0.4 is 0 Å². The third-order valence-corrected chi connectivity index (χ3v) is 7.13. The van der Waals surface area contributed by atoms with Crippen molar-refractivity contribution in [1.29, 1.82) is 0 Å². The zero-order valence-electron chi connectivity index (χ0n) is 17.1. The zero-order chi connectivity index (χ0) is 19.4. The average molecular weight is 389 g/mol. The Morgan fingerprint density at radius 3 is 2.63 bits per heavy atom. The van der Waals surface area contributed by atoms with Crippen LogP contribution in [-0.4, -0.2) is 37.3 Å². The quantitative estimate of drug-likeness (QED) is 0.372. The molecule has 1 saturated carbocycles. The SMILES string of the molecule is COC(=O)c1nc2cccc(C3CCCCC3)c2n1COCC[Si](C)(C)C. The van der Waals surface area contributed by atoms with Crippen LogP contribution >= 0.6 is 0 Å². The number of nitrogens with zero attached hydrogens (tertiary/aromatic N) is 2. The molecule has 148 valence electrons. The number of aromatic nitrogens is 2. The van der Waals surface area contributed by atoms with E-state index in [1.165, 1.54) is 44.8 Å². The number of imidazole rings is 1. The number of carbonyl (C=O) groups is 1. The molecule has 1 aliphatic rings. The topological polar surface area (TPSA) is 53.3 Å². The molecule has 1 aromatic carbocycles. The van der Waals surface area contributed by atoms with Crippen molar-refractivity contribution in [3.63, 3.8) is 0 Å². The third-order valence-electron chi connectivity index (χ3n) is 5.43. The fourth-order valence-corrected chi connectivity index (χ4v) is 4.62.